The van der Waals surface area contributed by atoms with Gasteiger partial charge >= 0.3 is 0 Å². The lowest BCUT2D eigenvalue weighted by molar-refractivity contribution is 0.0746. The molecule has 0 fully saturated rings. The first-order chi connectivity index (χ1) is 14.9. The molecule has 0 bridgehead atoms. The maximum Gasteiger partial charge on any atom is 0.145 e. The third-order valence-corrected chi connectivity index (χ3v) is 5.20. The molecule has 0 aliphatic carbocycles. The van der Waals surface area contributed by atoms with Crippen molar-refractivity contribution in [1.82, 2.24) is 15.0 Å². The van der Waals surface area contributed by atoms with E-state index in [1.165, 1.54) is 37.1 Å². The number of rotatable bonds is 6. The highest BCUT2D eigenvalue weighted by Crippen LogP contribution is 2.34. The van der Waals surface area contributed by atoms with Gasteiger partial charge in [-0.25, -0.2) is 14.4 Å². The Balaban J connectivity index is 1.67. The van der Waals surface area contributed by atoms with E-state index in [0.29, 0.717) is 27.8 Å². The fourth-order valence-corrected chi connectivity index (χ4v) is 3.40. The van der Waals surface area contributed by atoms with Gasteiger partial charge in [-0.15, -0.1) is 0 Å². The van der Waals surface area contributed by atoms with Crippen LogP contribution in [0, 0.1) is 5.82 Å². The second kappa shape index (κ2) is 8.98. The van der Waals surface area contributed by atoms with Gasteiger partial charge in [-0.3, -0.25) is 4.98 Å². The molecule has 156 valence electrons. The molecule has 5 nitrogen and oxygen atoms in total. The van der Waals surface area contributed by atoms with E-state index in [2.05, 4.69) is 15.0 Å². The van der Waals surface area contributed by atoms with Gasteiger partial charge in [0.1, 0.15) is 29.2 Å². The van der Waals surface area contributed by atoms with Crippen molar-refractivity contribution in [3.63, 3.8) is 0 Å². The summed E-state index contributed by atoms with van der Waals surface area (Å²) in [7, 11) is 0. The summed E-state index contributed by atoms with van der Waals surface area (Å²) in [5.74, 6) is 0.537. The summed E-state index contributed by atoms with van der Waals surface area (Å²) >= 11 is 11.7. The van der Waals surface area contributed by atoms with Gasteiger partial charge in [0, 0.05) is 34.4 Å². The topological polar surface area (TPSA) is 68.1 Å². The Morgan fingerprint density at radius 2 is 1.55 bits per heavy atom. The zero-order valence-electron chi connectivity index (χ0n) is 16.0. The number of aromatic nitrogens is 3. The normalized spacial score (nSPS) is 12.9. The number of hydrogen-bond acceptors (Lipinski definition) is 5. The molecular weight excluding hydrogens is 440 g/mol. The number of ether oxygens (including phenoxy) is 1. The fourth-order valence-electron chi connectivity index (χ4n) is 3.12. The van der Waals surface area contributed by atoms with E-state index in [4.69, 9.17) is 27.9 Å². The van der Waals surface area contributed by atoms with Crippen LogP contribution in [0.5, 0.6) is 11.5 Å². The SMILES string of the molecule is OC(Cc1ccc(Cl)cc1F)(c1cncnc1)c1ccc(Oc2ccc(Cl)cc2)cn1. The molecule has 4 aromatic rings. The van der Waals surface area contributed by atoms with Crippen LogP contribution >= 0.6 is 23.2 Å². The van der Waals surface area contributed by atoms with Crippen LogP contribution < -0.4 is 4.74 Å². The van der Waals surface area contributed by atoms with Crippen LogP contribution in [-0.4, -0.2) is 20.1 Å². The van der Waals surface area contributed by atoms with E-state index < -0.39 is 11.4 Å². The van der Waals surface area contributed by atoms with Crippen molar-refractivity contribution in [2.75, 3.05) is 0 Å². The smallest absolute Gasteiger partial charge is 0.145 e. The molecule has 0 amide bonds. The van der Waals surface area contributed by atoms with Crippen molar-refractivity contribution < 1.29 is 14.2 Å². The first kappa shape index (κ1) is 21.2. The molecule has 0 radical (unpaired) electrons. The van der Waals surface area contributed by atoms with Crippen LogP contribution in [0.15, 0.2) is 79.5 Å². The molecule has 0 aliphatic rings. The zero-order chi connectivity index (χ0) is 21.8. The van der Waals surface area contributed by atoms with Crippen molar-refractivity contribution in [2.24, 2.45) is 0 Å². The molecule has 4 rings (SSSR count). The van der Waals surface area contributed by atoms with Crippen molar-refractivity contribution >= 4 is 23.2 Å². The predicted octanol–water partition coefficient (Wildman–Crippen LogP) is 5.59. The van der Waals surface area contributed by atoms with Crippen molar-refractivity contribution in [1.29, 1.82) is 0 Å². The van der Waals surface area contributed by atoms with Crippen LogP contribution in [-0.2, 0) is 12.0 Å². The summed E-state index contributed by atoms with van der Waals surface area (Å²) in [6, 6.07) is 14.5. The van der Waals surface area contributed by atoms with Crippen LogP contribution in [0.1, 0.15) is 16.8 Å². The number of pyridine rings is 1. The average molecular weight is 456 g/mol. The molecule has 2 heterocycles. The van der Waals surface area contributed by atoms with E-state index in [-0.39, 0.29) is 17.0 Å². The van der Waals surface area contributed by atoms with Crippen LogP contribution in [0.3, 0.4) is 0 Å². The number of halogens is 3. The number of nitrogens with zero attached hydrogens (tertiary/aromatic N) is 3. The Hall–Kier alpha value is -3.06. The minimum atomic E-state index is -1.67. The molecule has 2 aromatic carbocycles. The van der Waals surface area contributed by atoms with Crippen molar-refractivity contribution in [3.8, 4) is 11.5 Å². The summed E-state index contributed by atoms with van der Waals surface area (Å²) in [4.78, 5) is 12.4. The summed E-state index contributed by atoms with van der Waals surface area (Å²) in [6.45, 7) is 0. The molecule has 1 unspecified atom stereocenters. The van der Waals surface area contributed by atoms with Gasteiger partial charge in [0.15, 0.2) is 0 Å². The molecule has 0 saturated heterocycles. The second-order valence-corrected chi connectivity index (χ2v) is 7.71. The Morgan fingerprint density at radius 1 is 0.871 bits per heavy atom. The molecule has 31 heavy (non-hydrogen) atoms. The highest BCUT2D eigenvalue weighted by Gasteiger charge is 2.35. The van der Waals surface area contributed by atoms with Gasteiger partial charge in [-0.2, -0.15) is 0 Å². The van der Waals surface area contributed by atoms with E-state index in [0.717, 1.165) is 0 Å². The maximum atomic E-state index is 14.5. The minimum absolute atomic E-state index is 0.0895. The Morgan fingerprint density at radius 3 is 2.19 bits per heavy atom. The number of aliphatic hydroxyl groups is 1. The standard InChI is InChI=1S/C23H16Cl2FN3O2/c24-17-3-5-19(6-4-17)31-20-7-8-22(29-13-20)23(30,16-11-27-14-28-12-16)10-15-1-2-18(25)9-21(15)26/h1-9,11-14,30H,10H2. The zero-order valence-corrected chi connectivity index (χ0v) is 17.6. The van der Waals surface area contributed by atoms with Crippen molar-refractivity contribution in [3.05, 3.63) is 112 Å². The summed E-state index contributed by atoms with van der Waals surface area (Å²) in [5, 5.41) is 12.5. The quantitative estimate of drug-likeness (QED) is 0.410. The molecule has 0 spiro atoms. The Bertz CT molecular complexity index is 1180. The Labute approximate surface area is 188 Å². The summed E-state index contributed by atoms with van der Waals surface area (Å²) < 4.78 is 20.2. The van der Waals surface area contributed by atoms with Crippen LogP contribution in [0.4, 0.5) is 4.39 Å². The predicted molar refractivity (Wildman–Crippen MR) is 116 cm³/mol. The van der Waals surface area contributed by atoms with E-state index in [1.807, 2.05) is 0 Å². The highest BCUT2D eigenvalue weighted by atomic mass is 35.5. The van der Waals surface area contributed by atoms with Crippen molar-refractivity contribution in [2.45, 2.75) is 12.0 Å². The van der Waals surface area contributed by atoms with Gasteiger partial charge in [-0.05, 0) is 54.1 Å². The molecule has 8 heteroatoms. The van der Waals surface area contributed by atoms with Crippen LogP contribution in [0.2, 0.25) is 10.0 Å². The monoisotopic (exact) mass is 455 g/mol. The van der Waals surface area contributed by atoms with E-state index >= 15 is 0 Å². The average Bonchev–Trinajstić information content (AvgIpc) is 2.78. The van der Waals surface area contributed by atoms with Gasteiger partial charge in [0.05, 0.1) is 11.9 Å². The van der Waals surface area contributed by atoms with Gasteiger partial charge in [0.25, 0.3) is 0 Å². The first-order valence-corrected chi connectivity index (χ1v) is 10.0. The highest BCUT2D eigenvalue weighted by molar-refractivity contribution is 6.30. The third kappa shape index (κ3) is 4.82. The van der Waals surface area contributed by atoms with Gasteiger partial charge in [0.2, 0.25) is 0 Å². The second-order valence-electron chi connectivity index (χ2n) is 6.84. The minimum Gasteiger partial charge on any atom is -0.456 e. The largest absolute Gasteiger partial charge is 0.456 e. The molecule has 2 aromatic heterocycles. The lowest BCUT2D eigenvalue weighted by atomic mass is 9.85. The lowest BCUT2D eigenvalue weighted by Crippen LogP contribution is -2.32. The summed E-state index contributed by atoms with van der Waals surface area (Å²) in [5.41, 5.74) is -0.725. The third-order valence-electron chi connectivity index (χ3n) is 4.71. The van der Waals surface area contributed by atoms with Gasteiger partial charge < -0.3 is 9.84 Å². The molecular formula is C23H16Cl2FN3O2. The molecule has 1 N–H and O–H groups in total. The van der Waals surface area contributed by atoms with E-state index in [9.17, 15) is 9.50 Å². The fraction of sp³-hybridized carbons (Fsp3) is 0.0870. The van der Waals surface area contributed by atoms with E-state index in [1.54, 1.807) is 42.5 Å². The molecule has 0 aliphatic heterocycles. The van der Waals surface area contributed by atoms with Gasteiger partial charge in [-0.1, -0.05) is 29.3 Å². The maximum absolute atomic E-state index is 14.5. The number of hydrogen-bond donors (Lipinski definition) is 1. The number of benzene rings is 2. The summed E-state index contributed by atoms with van der Waals surface area (Å²) in [6.07, 6.45) is 5.69. The molecule has 1 atom stereocenters. The Kier molecular flexibility index (Phi) is 6.13. The van der Waals surface area contributed by atoms with Crippen LogP contribution in [0.25, 0.3) is 0 Å². The lowest BCUT2D eigenvalue weighted by Gasteiger charge is -2.28. The first-order valence-electron chi connectivity index (χ1n) is 9.26. The molecule has 0 saturated carbocycles.